The first-order valence-electron chi connectivity index (χ1n) is 6.55. The van der Waals surface area contributed by atoms with Gasteiger partial charge in [0.2, 0.25) is 0 Å². The van der Waals surface area contributed by atoms with Crippen LogP contribution in [0.2, 0.25) is 0 Å². The Hall–Kier alpha value is -1.71. The van der Waals surface area contributed by atoms with Crippen LogP contribution in [-0.2, 0) is 0 Å². The van der Waals surface area contributed by atoms with Crippen molar-refractivity contribution in [1.29, 1.82) is 0 Å². The Kier molecular flexibility index (Phi) is 3.75. The lowest BCUT2D eigenvalue weighted by Crippen LogP contribution is -2.37. The maximum Gasteiger partial charge on any atom is 0.155 e. The molecule has 0 saturated heterocycles. The molecule has 0 amide bonds. The minimum atomic E-state index is 0.00937. The summed E-state index contributed by atoms with van der Waals surface area (Å²) in [7, 11) is 0. The second-order valence-electron chi connectivity index (χ2n) is 4.67. The largest absolute Gasteiger partial charge is 0.480 e. The standard InChI is InChI=1S/C14H21N3O/c1-4-9(3)16-14-12(5-2)18-13-7-6-10(15)8-11(13)17-14/h6-9,12H,4-5,15H2,1-3H3,(H,16,17). The van der Waals surface area contributed by atoms with Gasteiger partial charge in [-0.3, -0.25) is 4.99 Å². The second kappa shape index (κ2) is 5.29. The summed E-state index contributed by atoms with van der Waals surface area (Å²) in [5.74, 6) is 1.75. The first kappa shape index (κ1) is 12.7. The molecule has 4 heteroatoms. The van der Waals surface area contributed by atoms with Crippen LogP contribution in [0.15, 0.2) is 23.2 Å². The van der Waals surface area contributed by atoms with Gasteiger partial charge in [-0.2, -0.15) is 0 Å². The number of amidine groups is 1. The van der Waals surface area contributed by atoms with Crippen LogP contribution in [0.25, 0.3) is 0 Å². The maximum atomic E-state index is 5.95. The van der Waals surface area contributed by atoms with Crippen LogP contribution in [0.5, 0.6) is 5.75 Å². The summed E-state index contributed by atoms with van der Waals surface area (Å²) in [5.41, 5.74) is 7.42. The van der Waals surface area contributed by atoms with E-state index in [-0.39, 0.29) is 6.10 Å². The molecule has 1 aliphatic heterocycles. The van der Waals surface area contributed by atoms with E-state index < -0.39 is 0 Å². The summed E-state index contributed by atoms with van der Waals surface area (Å²) in [6.45, 7) is 6.34. The number of nitrogens with two attached hydrogens (primary N) is 1. The van der Waals surface area contributed by atoms with Crippen molar-refractivity contribution in [1.82, 2.24) is 0 Å². The molecule has 0 fully saturated rings. The summed E-state index contributed by atoms with van der Waals surface area (Å²) < 4.78 is 5.95. The van der Waals surface area contributed by atoms with E-state index in [1.807, 2.05) is 18.2 Å². The minimum Gasteiger partial charge on any atom is -0.480 e. The maximum absolute atomic E-state index is 5.95. The third-order valence-electron chi connectivity index (χ3n) is 3.16. The van der Waals surface area contributed by atoms with Crippen LogP contribution in [0.1, 0.15) is 33.6 Å². The van der Waals surface area contributed by atoms with Crippen LogP contribution in [0, 0.1) is 0 Å². The van der Waals surface area contributed by atoms with Crippen LogP contribution < -0.4 is 15.8 Å². The number of ether oxygens (including phenoxy) is 1. The molecule has 2 rings (SSSR count). The molecule has 1 aliphatic rings. The van der Waals surface area contributed by atoms with E-state index in [1.54, 1.807) is 0 Å². The Balaban J connectivity index is 2.31. The van der Waals surface area contributed by atoms with Crippen LogP contribution in [0.4, 0.5) is 11.4 Å². The normalized spacial score (nSPS) is 21.9. The molecular formula is C14H21N3O. The molecule has 0 spiro atoms. The van der Waals surface area contributed by atoms with Crippen LogP contribution in [0.3, 0.4) is 0 Å². The number of benzene rings is 1. The summed E-state index contributed by atoms with van der Waals surface area (Å²) >= 11 is 0. The van der Waals surface area contributed by atoms with Gasteiger partial charge < -0.3 is 15.8 Å². The van der Waals surface area contributed by atoms with Crippen molar-refractivity contribution in [3.63, 3.8) is 0 Å². The molecule has 1 heterocycles. The van der Waals surface area contributed by atoms with Gasteiger partial charge in [0.25, 0.3) is 0 Å². The highest BCUT2D eigenvalue weighted by molar-refractivity contribution is 6.02. The smallest absolute Gasteiger partial charge is 0.155 e. The van der Waals surface area contributed by atoms with Gasteiger partial charge in [0.15, 0.2) is 6.10 Å². The zero-order valence-corrected chi connectivity index (χ0v) is 11.2. The number of aliphatic imine (C=N–C) groups is 1. The highest BCUT2D eigenvalue weighted by atomic mass is 16.5. The van der Waals surface area contributed by atoms with Crippen molar-refractivity contribution in [3.8, 4) is 5.75 Å². The third kappa shape index (κ3) is 2.58. The Bertz CT molecular complexity index is 456. The predicted molar refractivity (Wildman–Crippen MR) is 76.4 cm³/mol. The molecule has 1 aromatic carbocycles. The molecule has 18 heavy (non-hydrogen) atoms. The monoisotopic (exact) mass is 247 g/mol. The molecule has 0 saturated carbocycles. The molecule has 2 unspecified atom stereocenters. The van der Waals surface area contributed by atoms with Crippen molar-refractivity contribution >= 4 is 17.2 Å². The van der Waals surface area contributed by atoms with Crippen molar-refractivity contribution in [3.05, 3.63) is 18.2 Å². The second-order valence-corrected chi connectivity index (χ2v) is 4.67. The molecule has 0 aliphatic carbocycles. The average Bonchev–Trinajstić information content (AvgIpc) is 2.37. The fourth-order valence-electron chi connectivity index (χ4n) is 1.90. The zero-order chi connectivity index (χ0) is 13.1. The Morgan fingerprint density at radius 2 is 2.22 bits per heavy atom. The zero-order valence-electron chi connectivity index (χ0n) is 11.2. The van der Waals surface area contributed by atoms with Crippen LogP contribution >= 0.6 is 0 Å². The van der Waals surface area contributed by atoms with E-state index >= 15 is 0 Å². The van der Waals surface area contributed by atoms with E-state index in [9.17, 15) is 0 Å². The fourth-order valence-corrected chi connectivity index (χ4v) is 1.90. The summed E-state index contributed by atoms with van der Waals surface area (Å²) in [6.07, 6.45) is 1.92. The van der Waals surface area contributed by atoms with E-state index in [2.05, 4.69) is 31.1 Å². The van der Waals surface area contributed by atoms with Crippen LogP contribution in [-0.4, -0.2) is 18.0 Å². The number of nitrogens with zero attached hydrogens (tertiary/aromatic N) is 1. The molecule has 3 N–H and O–H groups in total. The Morgan fingerprint density at radius 3 is 2.89 bits per heavy atom. The molecule has 98 valence electrons. The SMILES string of the molecule is CCC(C)N=C1Nc2cc(N)ccc2OC1CC. The van der Waals surface area contributed by atoms with E-state index in [4.69, 9.17) is 10.5 Å². The van der Waals surface area contributed by atoms with Gasteiger partial charge in [0.05, 0.1) is 5.69 Å². The van der Waals surface area contributed by atoms with Crippen molar-refractivity contribution < 1.29 is 4.74 Å². The Labute approximate surface area is 108 Å². The quantitative estimate of drug-likeness (QED) is 0.807. The van der Waals surface area contributed by atoms with Gasteiger partial charge in [0, 0.05) is 11.7 Å². The lowest BCUT2D eigenvalue weighted by atomic mass is 10.1. The van der Waals surface area contributed by atoms with Crippen molar-refractivity contribution in [2.45, 2.75) is 45.8 Å². The molecule has 0 aromatic heterocycles. The van der Waals surface area contributed by atoms with E-state index in [0.29, 0.717) is 6.04 Å². The lowest BCUT2D eigenvalue weighted by molar-refractivity contribution is 0.258. The molecule has 4 nitrogen and oxygen atoms in total. The number of nitrogen functional groups attached to an aromatic ring is 1. The number of rotatable bonds is 3. The number of hydrogen-bond donors (Lipinski definition) is 2. The van der Waals surface area contributed by atoms with E-state index in [0.717, 1.165) is 35.8 Å². The third-order valence-corrected chi connectivity index (χ3v) is 3.16. The minimum absolute atomic E-state index is 0.00937. The van der Waals surface area contributed by atoms with Crippen molar-refractivity contribution in [2.24, 2.45) is 4.99 Å². The summed E-state index contributed by atoms with van der Waals surface area (Å²) in [6, 6.07) is 5.94. The number of anilines is 2. The van der Waals surface area contributed by atoms with E-state index in [1.165, 1.54) is 0 Å². The fraction of sp³-hybridized carbons (Fsp3) is 0.500. The average molecular weight is 247 g/mol. The Morgan fingerprint density at radius 1 is 1.44 bits per heavy atom. The van der Waals surface area contributed by atoms with Gasteiger partial charge >= 0.3 is 0 Å². The summed E-state index contributed by atoms with van der Waals surface area (Å²) in [4.78, 5) is 4.68. The number of fused-ring (bicyclic) bond motifs is 1. The van der Waals surface area contributed by atoms with Gasteiger partial charge in [-0.25, -0.2) is 0 Å². The van der Waals surface area contributed by atoms with Gasteiger partial charge in [-0.05, 0) is 38.0 Å². The molecule has 2 atom stereocenters. The highest BCUT2D eigenvalue weighted by Crippen LogP contribution is 2.32. The van der Waals surface area contributed by atoms with Gasteiger partial charge in [-0.15, -0.1) is 0 Å². The molecule has 0 radical (unpaired) electrons. The molecule has 1 aromatic rings. The molecule has 0 bridgehead atoms. The highest BCUT2D eigenvalue weighted by Gasteiger charge is 2.24. The first-order chi connectivity index (χ1) is 8.63. The molecular weight excluding hydrogens is 226 g/mol. The summed E-state index contributed by atoms with van der Waals surface area (Å²) in [5, 5.41) is 3.35. The van der Waals surface area contributed by atoms with Crippen molar-refractivity contribution in [2.75, 3.05) is 11.1 Å². The topological polar surface area (TPSA) is 59.6 Å². The van der Waals surface area contributed by atoms with Gasteiger partial charge in [0.1, 0.15) is 11.6 Å². The first-order valence-corrected chi connectivity index (χ1v) is 6.55. The number of hydrogen-bond acceptors (Lipinski definition) is 3. The van der Waals surface area contributed by atoms with Gasteiger partial charge in [-0.1, -0.05) is 13.8 Å². The predicted octanol–water partition coefficient (Wildman–Crippen LogP) is 3.05. The lowest BCUT2D eigenvalue weighted by Gasteiger charge is -2.29. The number of nitrogens with one attached hydrogen (secondary N) is 1.